The first-order valence-electron chi connectivity index (χ1n) is 5.10. The van der Waals surface area contributed by atoms with E-state index in [-0.39, 0.29) is 0 Å². The molecule has 5 heteroatoms. The van der Waals surface area contributed by atoms with Crippen molar-refractivity contribution < 1.29 is 0 Å². The van der Waals surface area contributed by atoms with E-state index in [4.69, 9.17) is 5.73 Å². The second kappa shape index (κ2) is 5.65. The molecule has 3 N–H and O–H groups in total. The van der Waals surface area contributed by atoms with E-state index >= 15 is 0 Å². The zero-order valence-corrected chi connectivity index (χ0v) is 10.8. The summed E-state index contributed by atoms with van der Waals surface area (Å²) in [5.74, 6) is 0.438. The number of aliphatic imine (C=N–C) groups is 1. The first-order valence-corrected chi connectivity index (χ1v) is 5.91. The lowest BCUT2D eigenvalue weighted by molar-refractivity contribution is 0.932. The van der Waals surface area contributed by atoms with E-state index < -0.39 is 0 Å². The molecule has 0 aliphatic rings. The average Bonchev–Trinajstić information content (AvgIpc) is 2.52. The molecular formula is C11H18N4S. The van der Waals surface area contributed by atoms with Crippen LogP contribution in [0.5, 0.6) is 0 Å². The van der Waals surface area contributed by atoms with Crippen LogP contribution >= 0.6 is 11.3 Å². The van der Waals surface area contributed by atoms with Crippen LogP contribution in [0.1, 0.15) is 22.5 Å². The number of thiazole rings is 1. The molecule has 0 radical (unpaired) electrons. The molecule has 0 aliphatic heterocycles. The van der Waals surface area contributed by atoms with Crippen molar-refractivity contribution in [3.63, 3.8) is 0 Å². The fraction of sp³-hybridized carbons (Fsp3) is 0.455. The molecule has 0 amide bonds. The molecule has 0 bridgehead atoms. The summed E-state index contributed by atoms with van der Waals surface area (Å²) in [6.07, 6.45) is 0. The highest BCUT2D eigenvalue weighted by Gasteiger charge is 2.02. The second-order valence-electron chi connectivity index (χ2n) is 3.76. The zero-order valence-electron chi connectivity index (χ0n) is 10.0. The van der Waals surface area contributed by atoms with Gasteiger partial charge in [-0.1, -0.05) is 12.2 Å². The first-order chi connectivity index (χ1) is 7.49. The van der Waals surface area contributed by atoms with Crippen molar-refractivity contribution in [2.45, 2.75) is 27.3 Å². The van der Waals surface area contributed by atoms with Gasteiger partial charge in [-0.2, -0.15) is 0 Å². The van der Waals surface area contributed by atoms with E-state index in [0.717, 1.165) is 16.3 Å². The van der Waals surface area contributed by atoms with Crippen LogP contribution in [-0.4, -0.2) is 17.5 Å². The zero-order chi connectivity index (χ0) is 12.1. The van der Waals surface area contributed by atoms with Gasteiger partial charge in [0.2, 0.25) is 0 Å². The first kappa shape index (κ1) is 12.7. The SMILES string of the molecule is C=C(C)CNC(N)=NCc1nc(C)c(C)s1. The van der Waals surface area contributed by atoms with Crippen molar-refractivity contribution in [3.05, 3.63) is 27.7 Å². The van der Waals surface area contributed by atoms with Gasteiger partial charge in [0.15, 0.2) is 5.96 Å². The van der Waals surface area contributed by atoms with Crippen molar-refractivity contribution in [1.82, 2.24) is 10.3 Å². The summed E-state index contributed by atoms with van der Waals surface area (Å²) in [7, 11) is 0. The predicted octanol–water partition coefficient (Wildman–Crippen LogP) is 1.74. The lowest BCUT2D eigenvalue weighted by Crippen LogP contribution is -2.32. The minimum atomic E-state index is 0.438. The highest BCUT2D eigenvalue weighted by atomic mass is 32.1. The summed E-state index contributed by atoms with van der Waals surface area (Å²) in [6.45, 7) is 11.0. The molecule has 0 unspecified atom stereocenters. The highest BCUT2D eigenvalue weighted by molar-refractivity contribution is 7.11. The van der Waals surface area contributed by atoms with E-state index in [2.05, 4.69) is 28.8 Å². The topological polar surface area (TPSA) is 63.3 Å². The molecular weight excluding hydrogens is 220 g/mol. The number of nitrogens with two attached hydrogens (primary N) is 1. The van der Waals surface area contributed by atoms with Gasteiger partial charge in [0.25, 0.3) is 0 Å². The summed E-state index contributed by atoms with van der Waals surface area (Å²) >= 11 is 1.66. The van der Waals surface area contributed by atoms with Crippen molar-refractivity contribution in [3.8, 4) is 0 Å². The molecule has 16 heavy (non-hydrogen) atoms. The van der Waals surface area contributed by atoms with E-state index in [1.807, 2.05) is 13.8 Å². The molecule has 0 saturated heterocycles. The fourth-order valence-corrected chi connectivity index (χ4v) is 1.92. The Balaban J connectivity index is 2.49. The molecule has 1 rings (SSSR count). The van der Waals surface area contributed by atoms with Gasteiger partial charge in [0.1, 0.15) is 5.01 Å². The van der Waals surface area contributed by atoms with E-state index in [1.54, 1.807) is 11.3 Å². The maximum Gasteiger partial charge on any atom is 0.189 e. The molecule has 1 aromatic rings. The maximum absolute atomic E-state index is 5.69. The van der Waals surface area contributed by atoms with Gasteiger partial charge < -0.3 is 11.1 Å². The second-order valence-corrected chi connectivity index (χ2v) is 5.05. The van der Waals surface area contributed by atoms with Crippen molar-refractivity contribution >= 4 is 17.3 Å². The minimum absolute atomic E-state index is 0.438. The smallest absolute Gasteiger partial charge is 0.189 e. The molecule has 4 nitrogen and oxygen atoms in total. The van der Waals surface area contributed by atoms with Crippen molar-refractivity contribution in [2.75, 3.05) is 6.54 Å². The summed E-state index contributed by atoms with van der Waals surface area (Å²) in [6, 6.07) is 0. The number of hydrogen-bond acceptors (Lipinski definition) is 3. The van der Waals surface area contributed by atoms with Crippen LogP contribution in [0.25, 0.3) is 0 Å². The van der Waals surface area contributed by atoms with Gasteiger partial charge in [0, 0.05) is 11.4 Å². The lowest BCUT2D eigenvalue weighted by atomic mass is 10.3. The molecule has 0 spiro atoms. The standard InChI is InChI=1S/C11H18N4S/c1-7(2)5-13-11(12)14-6-10-15-8(3)9(4)16-10/h1,5-6H2,2-4H3,(H3,12,13,14). The number of nitrogens with one attached hydrogen (secondary N) is 1. The number of guanidine groups is 1. The van der Waals surface area contributed by atoms with Gasteiger partial charge in [-0.15, -0.1) is 11.3 Å². The van der Waals surface area contributed by atoms with Gasteiger partial charge in [-0.3, -0.25) is 0 Å². The van der Waals surface area contributed by atoms with E-state index in [1.165, 1.54) is 4.88 Å². The van der Waals surface area contributed by atoms with Gasteiger partial charge >= 0.3 is 0 Å². The minimum Gasteiger partial charge on any atom is -0.370 e. The van der Waals surface area contributed by atoms with Gasteiger partial charge in [-0.05, 0) is 20.8 Å². The molecule has 0 aliphatic carbocycles. The summed E-state index contributed by atoms with van der Waals surface area (Å²) in [5, 5.41) is 3.97. The Morgan fingerprint density at radius 1 is 1.56 bits per heavy atom. The Morgan fingerprint density at radius 3 is 2.75 bits per heavy atom. The third kappa shape index (κ3) is 4.02. The molecule has 0 aromatic carbocycles. The van der Waals surface area contributed by atoms with Crippen molar-refractivity contribution in [2.24, 2.45) is 10.7 Å². The third-order valence-corrected chi connectivity index (χ3v) is 3.09. The molecule has 0 fully saturated rings. The van der Waals surface area contributed by atoms with Crippen LogP contribution in [0.2, 0.25) is 0 Å². The Hall–Kier alpha value is -1.36. The summed E-state index contributed by atoms with van der Waals surface area (Å²) < 4.78 is 0. The summed E-state index contributed by atoms with van der Waals surface area (Å²) in [4.78, 5) is 9.83. The number of hydrogen-bond donors (Lipinski definition) is 2. The van der Waals surface area contributed by atoms with Crippen LogP contribution < -0.4 is 11.1 Å². The molecule has 88 valence electrons. The highest BCUT2D eigenvalue weighted by Crippen LogP contribution is 2.16. The summed E-state index contributed by atoms with van der Waals surface area (Å²) in [5.41, 5.74) is 7.79. The lowest BCUT2D eigenvalue weighted by Gasteiger charge is -2.03. The number of aryl methyl sites for hydroxylation is 2. The largest absolute Gasteiger partial charge is 0.370 e. The normalized spacial score (nSPS) is 11.6. The van der Waals surface area contributed by atoms with E-state index in [0.29, 0.717) is 19.0 Å². The van der Waals surface area contributed by atoms with Crippen LogP contribution in [0.3, 0.4) is 0 Å². The third-order valence-electron chi connectivity index (χ3n) is 2.03. The van der Waals surface area contributed by atoms with Crippen LogP contribution in [-0.2, 0) is 6.54 Å². The Bertz CT molecular complexity index is 387. The fourth-order valence-electron chi connectivity index (χ4n) is 1.06. The molecule has 1 heterocycles. The van der Waals surface area contributed by atoms with Crippen LogP contribution in [0, 0.1) is 13.8 Å². The Labute approximate surface area is 100 Å². The number of aromatic nitrogens is 1. The molecule has 0 saturated carbocycles. The molecule has 0 atom stereocenters. The van der Waals surface area contributed by atoms with Crippen LogP contribution in [0.4, 0.5) is 0 Å². The monoisotopic (exact) mass is 238 g/mol. The number of rotatable bonds is 4. The Kier molecular flexibility index (Phi) is 4.49. The maximum atomic E-state index is 5.69. The number of nitrogens with zero attached hydrogens (tertiary/aromatic N) is 2. The molecule has 1 aromatic heterocycles. The quantitative estimate of drug-likeness (QED) is 0.477. The van der Waals surface area contributed by atoms with Crippen LogP contribution in [0.15, 0.2) is 17.1 Å². The average molecular weight is 238 g/mol. The van der Waals surface area contributed by atoms with Gasteiger partial charge in [-0.25, -0.2) is 9.98 Å². The van der Waals surface area contributed by atoms with E-state index in [9.17, 15) is 0 Å². The predicted molar refractivity (Wildman–Crippen MR) is 69.7 cm³/mol. The van der Waals surface area contributed by atoms with Crippen molar-refractivity contribution in [1.29, 1.82) is 0 Å². The van der Waals surface area contributed by atoms with Gasteiger partial charge in [0.05, 0.1) is 12.2 Å². The Morgan fingerprint density at radius 2 is 2.25 bits per heavy atom.